The van der Waals surface area contributed by atoms with Crippen LogP contribution in [0.15, 0.2) is 91.0 Å². The van der Waals surface area contributed by atoms with Crippen LogP contribution in [-0.2, 0) is 0 Å². The number of anilines is 1. The maximum atomic E-state index is 5.54. The number of rotatable bonds is 9. The molecule has 36 heavy (non-hydrogen) atoms. The smallest absolute Gasteiger partial charge is 0.170 e. The van der Waals surface area contributed by atoms with E-state index in [9.17, 15) is 0 Å². The number of nitrogens with zero attached hydrogens (tertiary/aromatic N) is 2. The molecule has 0 aliphatic carbocycles. The van der Waals surface area contributed by atoms with Crippen molar-refractivity contribution in [3.05, 3.63) is 102 Å². The van der Waals surface area contributed by atoms with Gasteiger partial charge >= 0.3 is 0 Å². The van der Waals surface area contributed by atoms with Crippen molar-refractivity contribution in [2.45, 2.75) is 58.3 Å². The van der Waals surface area contributed by atoms with Crippen molar-refractivity contribution in [2.24, 2.45) is 0 Å². The molecule has 6 heteroatoms. The van der Waals surface area contributed by atoms with Crippen molar-refractivity contribution in [1.82, 2.24) is 14.7 Å². The Kier molecular flexibility index (Phi) is 9.50. The van der Waals surface area contributed by atoms with E-state index in [0.29, 0.717) is 29.3 Å². The Balaban J connectivity index is 1.54. The molecule has 3 aromatic carbocycles. The van der Waals surface area contributed by atoms with Crippen LogP contribution in [0.3, 0.4) is 0 Å². The lowest BCUT2D eigenvalue weighted by Crippen LogP contribution is -2.31. The SMILES string of the molecule is CC(C)N1[C@H](c2ccccc2)[C@@H](c2ccccc2)N(C(C)C)P1CCCNC(=S)Nc1ccccc1. The Morgan fingerprint density at radius 2 is 1.19 bits per heavy atom. The normalized spacial score (nSPS) is 19.2. The van der Waals surface area contributed by atoms with Crippen molar-refractivity contribution in [3.8, 4) is 0 Å². The van der Waals surface area contributed by atoms with E-state index in [0.717, 1.165) is 24.8 Å². The van der Waals surface area contributed by atoms with Gasteiger partial charge in [-0.15, -0.1) is 0 Å². The standard InChI is InChI=1S/C30H39N4PS/c1-23(2)33-28(25-15-8-5-9-16-25)29(26-17-10-6-11-18-26)34(24(3)4)35(33)22-14-21-31-30(36)32-27-19-12-7-13-20-27/h5-13,15-20,23-24,28-29H,14,21-22H2,1-4H3,(H2,31,32,36)/t28-,29-/m1/s1. The molecule has 0 spiro atoms. The van der Waals surface area contributed by atoms with Crippen LogP contribution in [0, 0.1) is 0 Å². The summed E-state index contributed by atoms with van der Waals surface area (Å²) in [5.41, 5.74) is 3.83. The fraction of sp³-hybridized carbons (Fsp3) is 0.367. The second-order valence-corrected chi connectivity index (χ2v) is 12.4. The fourth-order valence-electron chi connectivity index (χ4n) is 5.19. The number of hydrogen-bond acceptors (Lipinski definition) is 3. The van der Waals surface area contributed by atoms with E-state index in [-0.39, 0.29) is 0 Å². The van der Waals surface area contributed by atoms with Gasteiger partial charge in [0.05, 0.1) is 12.1 Å². The highest BCUT2D eigenvalue weighted by Crippen LogP contribution is 2.66. The van der Waals surface area contributed by atoms with Crippen LogP contribution in [0.5, 0.6) is 0 Å². The Labute approximate surface area is 224 Å². The molecule has 4 nitrogen and oxygen atoms in total. The number of nitrogens with one attached hydrogen (secondary N) is 2. The minimum atomic E-state index is -0.493. The average Bonchev–Trinajstić information content (AvgIpc) is 3.24. The quantitative estimate of drug-likeness (QED) is 0.173. The lowest BCUT2D eigenvalue weighted by molar-refractivity contribution is 0.227. The van der Waals surface area contributed by atoms with Gasteiger partial charge in [-0.25, -0.2) is 0 Å². The predicted octanol–water partition coefficient (Wildman–Crippen LogP) is 7.59. The van der Waals surface area contributed by atoms with Gasteiger partial charge in [0.15, 0.2) is 5.11 Å². The lowest BCUT2D eigenvalue weighted by Gasteiger charge is -2.36. The zero-order chi connectivity index (χ0) is 25.5. The van der Waals surface area contributed by atoms with Crippen LogP contribution in [-0.4, -0.2) is 39.2 Å². The van der Waals surface area contributed by atoms with Crippen LogP contribution < -0.4 is 10.6 Å². The van der Waals surface area contributed by atoms with Crippen molar-refractivity contribution in [1.29, 1.82) is 0 Å². The molecule has 0 bridgehead atoms. The zero-order valence-corrected chi connectivity index (χ0v) is 23.6. The summed E-state index contributed by atoms with van der Waals surface area (Å²) in [6, 6.07) is 33.9. The maximum Gasteiger partial charge on any atom is 0.170 e. The third-order valence-corrected chi connectivity index (χ3v) is 10.0. The molecule has 0 amide bonds. The molecule has 0 radical (unpaired) electrons. The minimum absolute atomic E-state index is 0.330. The fourth-order valence-corrected chi connectivity index (χ4v) is 8.71. The first-order chi connectivity index (χ1) is 17.5. The van der Waals surface area contributed by atoms with Gasteiger partial charge in [-0.3, -0.25) is 9.34 Å². The molecule has 1 fully saturated rings. The predicted molar refractivity (Wildman–Crippen MR) is 159 cm³/mol. The van der Waals surface area contributed by atoms with Gasteiger partial charge in [0.25, 0.3) is 0 Å². The summed E-state index contributed by atoms with van der Waals surface area (Å²) in [4.78, 5) is 0. The van der Waals surface area contributed by atoms with Crippen molar-refractivity contribution >= 4 is 31.2 Å². The minimum Gasteiger partial charge on any atom is -0.362 e. The van der Waals surface area contributed by atoms with Crippen LogP contribution in [0.4, 0.5) is 5.69 Å². The first-order valence-electron chi connectivity index (χ1n) is 13.0. The highest BCUT2D eigenvalue weighted by molar-refractivity contribution is 7.80. The monoisotopic (exact) mass is 518 g/mol. The topological polar surface area (TPSA) is 30.5 Å². The third-order valence-electron chi connectivity index (χ3n) is 6.59. The molecule has 3 aromatic rings. The van der Waals surface area contributed by atoms with Gasteiger partial charge in [-0.05, 0) is 75.8 Å². The number of thiocarbonyl (C=S) groups is 1. The Morgan fingerprint density at radius 1 is 0.750 bits per heavy atom. The first kappa shape index (κ1) is 26.8. The Hall–Kier alpha value is -2.30. The van der Waals surface area contributed by atoms with Crippen LogP contribution in [0.1, 0.15) is 57.3 Å². The van der Waals surface area contributed by atoms with Crippen molar-refractivity contribution < 1.29 is 0 Å². The van der Waals surface area contributed by atoms with Gasteiger partial charge in [0.2, 0.25) is 0 Å². The first-order valence-corrected chi connectivity index (χ1v) is 14.8. The number of para-hydroxylation sites is 1. The summed E-state index contributed by atoms with van der Waals surface area (Å²) in [6.07, 6.45) is 2.21. The van der Waals surface area contributed by atoms with E-state index < -0.39 is 8.22 Å². The molecule has 190 valence electrons. The van der Waals surface area contributed by atoms with E-state index in [1.807, 2.05) is 30.3 Å². The van der Waals surface area contributed by atoms with Gasteiger partial charge < -0.3 is 10.6 Å². The number of hydrogen-bond donors (Lipinski definition) is 2. The molecule has 1 aliphatic rings. The van der Waals surface area contributed by atoms with Crippen molar-refractivity contribution in [3.63, 3.8) is 0 Å². The van der Waals surface area contributed by atoms with Gasteiger partial charge in [-0.2, -0.15) is 0 Å². The molecular weight excluding hydrogens is 479 g/mol. The van der Waals surface area contributed by atoms with E-state index >= 15 is 0 Å². The van der Waals surface area contributed by atoms with E-state index in [4.69, 9.17) is 12.2 Å². The van der Waals surface area contributed by atoms with Gasteiger partial charge in [-0.1, -0.05) is 78.9 Å². The second-order valence-electron chi connectivity index (χ2n) is 9.85. The van der Waals surface area contributed by atoms with E-state index in [2.05, 4.69) is 108 Å². The Bertz CT molecular complexity index is 1020. The molecule has 1 saturated heterocycles. The summed E-state index contributed by atoms with van der Waals surface area (Å²) in [5, 5.41) is 7.40. The maximum absolute atomic E-state index is 5.54. The molecule has 0 aromatic heterocycles. The molecule has 2 N–H and O–H groups in total. The highest BCUT2D eigenvalue weighted by Gasteiger charge is 2.49. The zero-order valence-electron chi connectivity index (χ0n) is 21.8. The number of benzene rings is 3. The Morgan fingerprint density at radius 3 is 1.64 bits per heavy atom. The molecule has 0 saturated carbocycles. The third kappa shape index (κ3) is 6.33. The molecular formula is C30H39N4PS. The van der Waals surface area contributed by atoms with Gasteiger partial charge in [0, 0.05) is 32.5 Å². The van der Waals surface area contributed by atoms with Crippen LogP contribution in [0.2, 0.25) is 0 Å². The average molecular weight is 519 g/mol. The lowest BCUT2D eigenvalue weighted by atomic mass is 9.92. The summed E-state index contributed by atoms with van der Waals surface area (Å²) in [5.74, 6) is 0. The molecule has 4 rings (SSSR count). The second kappa shape index (κ2) is 12.8. The largest absolute Gasteiger partial charge is 0.362 e. The summed E-state index contributed by atoms with van der Waals surface area (Å²) in [6.45, 7) is 10.3. The summed E-state index contributed by atoms with van der Waals surface area (Å²) < 4.78 is 5.62. The van der Waals surface area contributed by atoms with Gasteiger partial charge in [0.1, 0.15) is 0 Å². The molecule has 2 atom stereocenters. The summed E-state index contributed by atoms with van der Waals surface area (Å²) in [7, 11) is -0.493. The molecule has 1 heterocycles. The van der Waals surface area contributed by atoms with E-state index in [1.165, 1.54) is 11.1 Å². The van der Waals surface area contributed by atoms with Crippen LogP contribution in [0.25, 0.3) is 0 Å². The highest BCUT2D eigenvalue weighted by atomic mass is 32.1. The molecule has 1 aliphatic heterocycles. The molecule has 0 unspecified atom stereocenters. The van der Waals surface area contributed by atoms with Crippen LogP contribution >= 0.6 is 20.4 Å². The van der Waals surface area contributed by atoms with Crippen molar-refractivity contribution in [2.75, 3.05) is 18.0 Å². The van der Waals surface area contributed by atoms with E-state index in [1.54, 1.807) is 0 Å². The summed E-state index contributed by atoms with van der Waals surface area (Å²) >= 11 is 5.54.